The highest BCUT2D eigenvalue weighted by atomic mass is 19.1. The van der Waals surface area contributed by atoms with E-state index in [1.807, 2.05) is 6.92 Å². The van der Waals surface area contributed by atoms with Crippen LogP contribution in [0.25, 0.3) is 11.5 Å². The zero-order chi connectivity index (χ0) is 24.5. The average Bonchev–Trinajstić information content (AvgIpc) is 3.59. The van der Waals surface area contributed by atoms with Crippen molar-refractivity contribution in [3.8, 4) is 17.3 Å². The number of nitrogens with one attached hydrogen (secondary N) is 1. The summed E-state index contributed by atoms with van der Waals surface area (Å²) in [6, 6.07) is 5.93. The first kappa shape index (κ1) is 22.6. The number of anilines is 3. The summed E-state index contributed by atoms with van der Waals surface area (Å²) in [7, 11) is 0. The van der Waals surface area contributed by atoms with E-state index in [-0.39, 0.29) is 41.5 Å². The average molecular weight is 479 g/mol. The zero-order valence-electron chi connectivity index (χ0n) is 19.3. The normalized spacial score (nSPS) is 13.1. The Morgan fingerprint density at radius 1 is 1.11 bits per heavy atom. The first-order valence-corrected chi connectivity index (χ1v) is 11.3. The van der Waals surface area contributed by atoms with E-state index in [0.29, 0.717) is 12.3 Å². The van der Waals surface area contributed by atoms with Gasteiger partial charge in [-0.3, -0.25) is 9.67 Å². The van der Waals surface area contributed by atoms with Crippen LogP contribution in [0, 0.1) is 18.6 Å². The van der Waals surface area contributed by atoms with Gasteiger partial charge in [-0.1, -0.05) is 0 Å². The molecule has 35 heavy (non-hydrogen) atoms. The van der Waals surface area contributed by atoms with Crippen molar-refractivity contribution in [2.75, 3.05) is 17.7 Å². The molecule has 180 valence electrons. The minimum atomic E-state index is -0.682. The van der Waals surface area contributed by atoms with Gasteiger partial charge >= 0.3 is 0 Å². The maximum Gasteiger partial charge on any atom is 0.232 e. The van der Waals surface area contributed by atoms with E-state index in [9.17, 15) is 8.78 Å². The number of ether oxygens (including phenoxy) is 1. The number of aromatic nitrogens is 6. The van der Waals surface area contributed by atoms with Crippen molar-refractivity contribution < 1.29 is 13.5 Å². The second kappa shape index (κ2) is 9.24. The molecule has 0 unspecified atom stereocenters. The Morgan fingerprint density at radius 2 is 1.83 bits per heavy atom. The van der Waals surface area contributed by atoms with Gasteiger partial charge in [-0.25, -0.2) is 8.78 Å². The highest BCUT2D eigenvalue weighted by Gasteiger charge is 2.32. The van der Waals surface area contributed by atoms with Crippen LogP contribution < -0.4 is 15.8 Å². The van der Waals surface area contributed by atoms with Crippen LogP contribution in [-0.2, 0) is 6.54 Å². The third kappa shape index (κ3) is 4.75. The quantitative estimate of drug-likeness (QED) is 0.384. The minimum Gasteiger partial charge on any atom is -0.494 e. The van der Waals surface area contributed by atoms with Gasteiger partial charge in [-0.05, 0) is 38.8 Å². The van der Waals surface area contributed by atoms with Crippen LogP contribution in [0.3, 0.4) is 0 Å². The van der Waals surface area contributed by atoms with Crippen LogP contribution in [0.1, 0.15) is 42.5 Å². The van der Waals surface area contributed by atoms with Gasteiger partial charge in [0.2, 0.25) is 11.9 Å². The van der Waals surface area contributed by atoms with Crippen LogP contribution in [0.5, 0.6) is 5.75 Å². The summed E-state index contributed by atoms with van der Waals surface area (Å²) in [5, 5.41) is 7.75. The molecule has 1 saturated carbocycles. The molecule has 0 saturated heterocycles. The van der Waals surface area contributed by atoms with E-state index in [1.165, 1.54) is 12.1 Å². The number of hydrogen-bond donors (Lipinski definition) is 2. The Morgan fingerprint density at radius 3 is 2.49 bits per heavy atom. The van der Waals surface area contributed by atoms with Crippen LogP contribution in [-0.4, -0.2) is 36.3 Å². The predicted molar refractivity (Wildman–Crippen MR) is 126 cm³/mol. The number of benzene rings is 1. The summed E-state index contributed by atoms with van der Waals surface area (Å²) in [6.07, 6.45) is 5.24. The molecule has 0 amide bonds. The fourth-order valence-corrected chi connectivity index (χ4v) is 4.02. The second-order valence-electron chi connectivity index (χ2n) is 8.29. The van der Waals surface area contributed by atoms with Gasteiger partial charge in [0.05, 0.1) is 13.2 Å². The van der Waals surface area contributed by atoms with Crippen LogP contribution in [0.2, 0.25) is 0 Å². The van der Waals surface area contributed by atoms with Crippen molar-refractivity contribution in [2.24, 2.45) is 0 Å². The standard InChI is InChI=1S/C24H24F2N8O/c1-3-35-16-10-18(25)17(19(26)11-16)12-34-21(14-4-5-14)13(2)20(33-34)22-30-23(27)32-24(31-22)29-15-6-8-28-9-7-15/h6-11,14H,3-5,12H2,1-2H3,(H3,27,28,29,30,31,32). The third-order valence-electron chi connectivity index (χ3n) is 5.74. The molecule has 0 atom stereocenters. The summed E-state index contributed by atoms with van der Waals surface area (Å²) in [5.41, 5.74) is 8.86. The molecule has 3 N–H and O–H groups in total. The Kier molecular flexibility index (Phi) is 5.98. The molecule has 0 bridgehead atoms. The summed E-state index contributed by atoms with van der Waals surface area (Å²) in [4.78, 5) is 16.9. The molecule has 9 nitrogen and oxygen atoms in total. The highest BCUT2D eigenvalue weighted by molar-refractivity contribution is 5.61. The molecule has 3 heterocycles. The number of halogens is 2. The van der Waals surface area contributed by atoms with Crippen molar-refractivity contribution >= 4 is 17.6 Å². The van der Waals surface area contributed by atoms with Gasteiger partial charge in [-0.15, -0.1) is 0 Å². The van der Waals surface area contributed by atoms with E-state index in [0.717, 1.165) is 29.8 Å². The predicted octanol–water partition coefficient (Wildman–Crippen LogP) is 4.37. The summed E-state index contributed by atoms with van der Waals surface area (Å²) in [6.45, 7) is 3.91. The Bertz CT molecular complexity index is 1350. The number of nitrogen functional groups attached to an aromatic ring is 1. The number of nitrogens with zero attached hydrogens (tertiary/aromatic N) is 6. The number of hydrogen-bond acceptors (Lipinski definition) is 8. The number of nitrogens with two attached hydrogens (primary N) is 1. The third-order valence-corrected chi connectivity index (χ3v) is 5.74. The molecular weight excluding hydrogens is 454 g/mol. The maximum absolute atomic E-state index is 14.8. The van der Waals surface area contributed by atoms with E-state index >= 15 is 0 Å². The van der Waals surface area contributed by atoms with Gasteiger partial charge in [-0.2, -0.15) is 20.1 Å². The smallest absolute Gasteiger partial charge is 0.232 e. The van der Waals surface area contributed by atoms with E-state index in [1.54, 1.807) is 36.1 Å². The monoisotopic (exact) mass is 478 g/mol. The zero-order valence-corrected chi connectivity index (χ0v) is 19.3. The molecule has 0 spiro atoms. The molecule has 0 aliphatic heterocycles. The molecule has 11 heteroatoms. The summed E-state index contributed by atoms with van der Waals surface area (Å²) < 4.78 is 36.5. The van der Waals surface area contributed by atoms with E-state index < -0.39 is 11.6 Å². The lowest BCUT2D eigenvalue weighted by Crippen LogP contribution is -2.10. The number of pyridine rings is 1. The molecule has 1 aliphatic rings. The lowest BCUT2D eigenvalue weighted by molar-refractivity contribution is 0.335. The van der Waals surface area contributed by atoms with Gasteiger partial charge in [0.15, 0.2) is 5.82 Å². The summed E-state index contributed by atoms with van der Waals surface area (Å²) >= 11 is 0. The van der Waals surface area contributed by atoms with Crippen molar-refractivity contribution in [2.45, 2.75) is 39.2 Å². The highest BCUT2D eigenvalue weighted by Crippen LogP contribution is 2.43. The van der Waals surface area contributed by atoms with Crippen molar-refractivity contribution in [3.63, 3.8) is 0 Å². The molecule has 1 aliphatic carbocycles. The number of rotatable bonds is 8. The largest absolute Gasteiger partial charge is 0.494 e. The van der Waals surface area contributed by atoms with Gasteiger partial charge in [0.25, 0.3) is 0 Å². The van der Waals surface area contributed by atoms with Gasteiger partial charge < -0.3 is 15.8 Å². The fraction of sp³-hybridized carbons (Fsp3) is 0.292. The molecule has 1 fully saturated rings. The van der Waals surface area contributed by atoms with E-state index in [2.05, 4.69) is 30.4 Å². The molecular formula is C24H24F2N8O. The summed E-state index contributed by atoms with van der Waals surface area (Å²) in [5.74, 6) is -0.392. The first-order valence-electron chi connectivity index (χ1n) is 11.3. The van der Waals surface area contributed by atoms with Crippen molar-refractivity contribution in [3.05, 3.63) is 65.1 Å². The van der Waals surface area contributed by atoms with E-state index in [4.69, 9.17) is 10.5 Å². The first-order chi connectivity index (χ1) is 16.9. The Hall–Kier alpha value is -4.15. The van der Waals surface area contributed by atoms with Crippen molar-refractivity contribution in [1.82, 2.24) is 29.7 Å². The topological polar surface area (TPSA) is 117 Å². The molecule has 0 radical (unpaired) electrons. The second-order valence-corrected chi connectivity index (χ2v) is 8.29. The Balaban J connectivity index is 1.52. The molecule has 4 aromatic rings. The lowest BCUT2D eigenvalue weighted by atomic mass is 10.1. The maximum atomic E-state index is 14.8. The van der Waals surface area contributed by atoms with Gasteiger partial charge in [0, 0.05) is 53.0 Å². The van der Waals surface area contributed by atoms with Crippen LogP contribution >= 0.6 is 0 Å². The van der Waals surface area contributed by atoms with Crippen LogP contribution in [0.4, 0.5) is 26.4 Å². The SMILES string of the molecule is CCOc1cc(F)c(Cn2nc(-c3nc(N)nc(Nc4ccncc4)n3)c(C)c2C2CC2)c(F)c1. The van der Waals surface area contributed by atoms with Gasteiger partial charge in [0.1, 0.15) is 23.1 Å². The fourth-order valence-electron chi connectivity index (χ4n) is 4.02. The van der Waals surface area contributed by atoms with Crippen LogP contribution in [0.15, 0.2) is 36.7 Å². The Labute approximate surface area is 200 Å². The lowest BCUT2D eigenvalue weighted by Gasteiger charge is -2.11. The van der Waals surface area contributed by atoms with Crippen molar-refractivity contribution in [1.29, 1.82) is 0 Å². The molecule has 5 rings (SSSR count). The minimum absolute atomic E-state index is 0.0251. The molecule has 3 aromatic heterocycles. The molecule has 1 aromatic carbocycles.